The Morgan fingerprint density at radius 3 is 2.66 bits per heavy atom. The molecule has 2 saturated heterocycles. The van der Waals surface area contributed by atoms with Gasteiger partial charge in [0.15, 0.2) is 0 Å². The summed E-state index contributed by atoms with van der Waals surface area (Å²) in [5.74, 6) is -0.852. The maximum Gasteiger partial charge on any atom is 0.308 e. The number of piperidine rings is 1. The third kappa shape index (κ3) is 4.53. The number of aliphatic carboxylic acids is 1. The minimum absolute atomic E-state index is 0.0747. The van der Waals surface area contributed by atoms with Crippen molar-refractivity contribution < 1.29 is 19.4 Å². The third-order valence-corrected chi connectivity index (χ3v) is 6.02. The van der Waals surface area contributed by atoms with Crippen LogP contribution in [0.3, 0.4) is 0 Å². The number of carboxylic acid groups (broad SMARTS) is 1. The van der Waals surface area contributed by atoms with Crippen molar-refractivity contribution in [1.29, 1.82) is 0 Å². The number of rotatable bonds is 7. The molecule has 0 aliphatic carbocycles. The fraction of sp³-hybridized carbons (Fsp3) is 0.478. The molecule has 1 atom stereocenters. The Hall–Kier alpha value is -2.60. The van der Waals surface area contributed by atoms with Crippen molar-refractivity contribution in [3.05, 3.63) is 42.0 Å². The Bertz CT molecular complexity index is 892. The van der Waals surface area contributed by atoms with Crippen LogP contribution in [0.4, 0.5) is 0 Å². The summed E-state index contributed by atoms with van der Waals surface area (Å²) in [5, 5.41) is 11.4. The van der Waals surface area contributed by atoms with E-state index >= 15 is 0 Å². The summed E-state index contributed by atoms with van der Waals surface area (Å²) in [6.45, 7) is 4.40. The Kier molecular flexibility index (Phi) is 6.00. The van der Waals surface area contributed by atoms with Gasteiger partial charge in [-0.1, -0.05) is 36.8 Å². The summed E-state index contributed by atoms with van der Waals surface area (Å²) in [7, 11) is 0. The smallest absolute Gasteiger partial charge is 0.308 e. The summed E-state index contributed by atoms with van der Waals surface area (Å²) < 4.78 is 6.17. The Labute approximate surface area is 171 Å². The summed E-state index contributed by atoms with van der Waals surface area (Å²) in [5.41, 5.74) is 0.959. The molecule has 0 saturated carbocycles. The summed E-state index contributed by atoms with van der Waals surface area (Å²) in [6, 6.07) is 12.1. The molecule has 2 fully saturated rings. The SMILES string of the molecule is O=C(O)C1CC(=O)N(Cc2c(OCCN3CCCCC3)ccc3ccccc23)C1. The van der Waals surface area contributed by atoms with Crippen molar-refractivity contribution in [3.63, 3.8) is 0 Å². The monoisotopic (exact) mass is 396 g/mol. The molecule has 0 aromatic heterocycles. The van der Waals surface area contributed by atoms with Crippen LogP contribution in [0.1, 0.15) is 31.2 Å². The van der Waals surface area contributed by atoms with Gasteiger partial charge in [0.05, 0.1) is 5.92 Å². The third-order valence-electron chi connectivity index (χ3n) is 6.02. The van der Waals surface area contributed by atoms with E-state index in [1.54, 1.807) is 4.90 Å². The van der Waals surface area contributed by atoms with E-state index in [1.165, 1.54) is 19.3 Å². The molecule has 0 bridgehead atoms. The number of carboxylic acids is 1. The molecule has 0 spiro atoms. The second kappa shape index (κ2) is 8.82. The Balaban J connectivity index is 1.53. The first-order chi connectivity index (χ1) is 14.1. The van der Waals surface area contributed by atoms with Gasteiger partial charge in [-0.05, 0) is 42.8 Å². The number of fused-ring (bicyclic) bond motifs is 1. The van der Waals surface area contributed by atoms with Gasteiger partial charge in [0.1, 0.15) is 12.4 Å². The number of likely N-dealkylation sites (tertiary alicyclic amines) is 2. The van der Waals surface area contributed by atoms with E-state index < -0.39 is 11.9 Å². The van der Waals surface area contributed by atoms with Crippen LogP contribution in [0.5, 0.6) is 5.75 Å². The van der Waals surface area contributed by atoms with Crippen LogP contribution in [0.15, 0.2) is 36.4 Å². The van der Waals surface area contributed by atoms with Crippen molar-refractivity contribution in [1.82, 2.24) is 9.80 Å². The highest BCUT2D eigenvalue weighted by Gasteiger charge is 2.34. The predicted octanol–water partition coefficient (Wildman–Crippen LogP) is 3.14. The first-order valence-electron chi connectivity index (χ1n) is 10.5. The summed E-state index contributed by atoms with van der Waals surface area (Å²) in [4.78, 5) is 27.8. The molecule has 4 rings (SSSR count). The maximum absolute atomic E-state index is 12.4. The van der Waals surface area contributed by atoms with Crippen molar-refractivity contribution >= 4 is 22.6 Å². The topological polar surface area (TPSA) is 70.1 Å². The van der Waals surface area contributed by atoms with Gasteiger partial charge in [-0.3, -0.25) is 14.5 Å². The van der Waals surface area contributed by atoms with Crippen molar-refractivity contribution in [2.45, 2.75) is 32.2 Å². The van der Waals surface area contributed by atoms with Crippen LogP contribution < -0.4 is 4.74 Å². The average molecular weight is 396 g/mol. The van der Waals surface area contributed by atoms with E-state index in [9.17, 15) is 14.7 Å². The molecule has 154 valence electrons. The van der Waals surface area contributed by atoms with Gasteiger partial charge >= 0.3 is 5.97 Å². The van der Waals surface area contributed by atoms with Gasteiger partial charge in [-0.25, -0.2) is 0 Å². The first kappa shape index (κ1) is 19.7. The fourth-order valence-corrected chi connectivity index (χ4v) is 4.36. The zero-order chi connectivity index (χ0) is 20.2. The first-order valence-corrected chi connectivity index (χ1v) is 10.5. The van der Waals surface area contributed by atoms with E-state index in [4.69, 9.17) is 4.74 Å². The van der Waals surface area contributed by atoms with E-state index in [-0.39, 0.29) is 18.9 Å². The van der Waals surface area contributed by atoms with Gasteiger partial charge in [-0.15, -0.1) is 0 Å². The van der Waals surface area contributed by atoms with Crippen molar-refractivity contribution in [3.8, 4) is 5.75 Å². The molecule has 29 heavy (non-hydrogen) atoms. The molecular formula is C23H28N2O4. The van der Waals surface area contributed by atoms with Crippen LogP contribution in [0.2, 0.25) is 0 Å². The number of carbonyl (C=O) groups is 2. The molecule has 2 aliphatic rings. The van der Waals surface area contributed by atoms with Gasteiger partial charge in [-0.2, -0.15) is 0 Å². The molecular weight excluding hydrogens is 368 g/mol. The highest BCUT2D eigenvalue weighted by Crippen LogP contribution is 2.31. The van der Waals surface area contributed by atoms with E-state index in [1.807, 2.05) is 36.4 Å². The Morgan fingerprint density at radius 1 is 1.10 bits per heavy atom. The van der Waals surface area contributed by atoms with Crippen LogP contribution in [0.25, 0.3) is 10.8 Å². The highest BCUT2D eigenvalue weighted by molar-refractivity contribution is 5.89. The zero-order valence-corrected chi connectivity index (χ0v) is 16.7. The van der Waals surface area contributed by atoms with Crippen LogP contribution >= 0.6 is 0 Å². The van der Waals surface area contributed by atoms with Crippen LogP contribution in [-0.4, -0.2) is 59.6 Å². The van der Waals surface area contributed by atoms with Gasteiger partial charge in [0.25, 0.3) is 0 Å². The van der Waals surface area contributed by atoms with Gasteiger partial charge < -0.3 is 14.7 Å². The lowest BCUT2D eigenvalue weighted by Crippen LogP contribution is -2.33. The molecule has 2 heterocycles. The normalized spacial score (nSPS) is 20.3. The standard InChI is InChI=1S/C23H28N2O4/c26-22-14-18(23(27)28)15-25(22)16-20-19-7-3-2-6-17(19)8-9-21(20)29-13-12-24-10-4-1-5-11-24/h2-3,6-9,18H,1,4-5,10-16H2,(H,27,28). The molecule has 1 amide bonds. The molecule has 1 unspecified atom stereocenters. The Morgan fingerprint density at radius 2 is 1.90 bits per heavy atom. The van der Waals surface area contributed by atoms with Crippen LogP contribution in [-0.2, 0) is 16.1 Å². The number of hydrogen-bond donors (Lipinski definition) is 1. The van der Waals surface area contributed by atoms with Gasteiger partial charge in [0.2, 0.25) is 5.91 Å². The number of amides is 1. The van der Waals surface area contributed by atoms with Crippen LogP contribution in [0, 0.1) is 5.92 Å². The summed E-state index contributed by atoms with van der Waals surface area (Å²) in [6.07, 6.45) is 3.89. The largest absolute Gasteiger partial charge is 0.492 e. The molecule has 6 nitrogen and oxygen atoms in total. The molecule has 2 aromatic rings. The number of ether oxygens (including phenoxy) is 1. The van der Waals surface area contributed by atoms with Crippen molar-refractivity contribution in [2.75, 3.05) is 32.8 Å². The highest BCUT2D eigenvalue weighted by atomic mass is 16.5. The number of hydrogen-bond acceptors (Lipinski definition) is 4. The van der Waals surface area contributed by atoms with E-state index in [0.29, 0.717) is 13.2 Å². The number of carbonyl (C=O) groups excluding carboxylic acids is 1. The van der Waals surface area contributed by atoms with E-state index in [2.05, 4.69) is 4.90 Å². The second-order valence-corrected chi connectivity index (χ2v) is 8.03. The quantitative estimate of drug-likeness (QED) is 0.779. The molecule has 2 aliphatic heterocycles. The molecule has 0 radical (unpaired) electrons. The summed E-state index contributed by atoms with van der Waals surface area (Å²) >= 11 is 0. The second-order valence-electron chi connectivity index (χ2n) is 8.03. The molecule has 1 N–H and O–H groups in total. The fourth-order valence-electron chi connectivity index (χ4n) is 4.36. The molecule has 6 heteroatoms. The molecule has 2 aromatic carbocycles. The maximum atomic E-state index is 12.4. The number of nitrogens with zero attached hydrogens (tertiary/aromatic N) is 2. The van der Waals surface area contributed by atoms with E-state index in [0.717, 1.165) is 41.7 Å². The minimum Gasteiger partial charge on any atom is -0.492 e. The van der Waals surface area contributed by atoms with Gasteiger partial charge in [0, 0.05) is 31.6 Å². The minimum atomic E-state index is -0.906. The number of benzene rings is 2. The lowest BCUT2D eigenvalue weighted by molar-refractivity contribution is -0.141. The van der Waals surface area contributed by atoms with Crippen molar-refractivity contribution in [2.24, 2.45) is 5.92 Å². The lowest BCUT2D eigenvalue weighted by Gasteiger charge is -2.26. The average Bonchev–Trinajstić information content (AvgIpc) is 3.11. The zero-order valence-electron chi connectivity index (χ0n) is 16.7. The predicted molar refractivity (Wildman–Crippen MR) is 111 cm³/mol. The lowest BCUT2D eigenvalue weighted by atomic mass is 10.0.